The van der Waals surface area contributed by atoms with E-state index in [0.717, 1.165) is 5.39 Å². The normalized spacial score (nSPS) is 16.2. The molecule has 26 heavy (non-hydrogen) atoms. The van der Waals surface area contributed by atoms with Gasteiger partial charge >= 0.3 is 5.63 Å². The molecule has 1 amide bonds. The van der Waals surface area contributed by atoms with Crippen LogP contribution in [-0.4, -0.2) is 22.7 Å². The first-order valence-corrected chi connectivity index (χ1v) is 8.63. The van der Waals surface area contributed by atoms with E-state index in [4.69, 9.17) is 4.42 Å². The number of carbonyl (C=O) groups excluding carboxylic acids is 1. The van der Waals surface area contributed by atoms with E-state index in [9.17, 15) is 14.7 Å². The summed E-state index contributed by atoms with van der Waals surface area (Å²) in [6.07, 6.45) is 1.40. The van der Waals surface area contributed by atoms with Crippen molar-refractivity contribution in [3.05, 3.63) is 70.6 Å². The van der Waals surface area contributed by atoms with Crippen molar-refractivity contribution < 1.29 is 14.3 Å². The summed E-state index contributed by atoms with van der Waals surface area (Å²) in [7, 11) is 0. The minimum absolute atomic E-state index is 0.273. The maximum absolute atomic E-state index is 12.5. The van der Waals surface area contributed by atoms with E-state index >= 15 is 0 Å². The molecule has 1 aliphatic carbocycles. The van der Waals surface area contributed by atoms with Gasteiger partial charge in [-0.3, -0.25) is 4.79 Å². The third kappa shape index (κ3) is 3.02. The lowest BCUT2D eigenvalue weighted by Crippen LogP contribution is -2.42. The zero-order chi connectivity index (χ0) is 18.3. The summed E-state index contributed by atoms with van der Waals surface area (Å²) < 4.78 is 5.38. The van der Waals surface area contributed by atoms with Gasteiger partial charge in [0, 0.05) is 10.9 Å². The summed E-state index contributed by atoms with van der Waals surface area (Å²) in [6.45, 7) is 1.80. The van der Waals surface area contributed by atoms with Gasteiger partial charge in [0.1, 0.15) is 5.58 Å². The van der Waals surface area contributed by atoms with Crippen LogP contribution in [0.5, 0.6) is 0 Å². The molecule has 0 saturated heterocycles. The van der Waals surface area contributed by atoms with E-state index in [1.807, 2.05) is 18.2 Å². The molecule has 1 heterocycles. The molecule has 2 aromatic carbocycles. The Morgan fingerprint density at radius 1 is 1.15 bits per heavy atom. The van der Waals surface area contributed by atoms with E-state index in [0.29, 0.717) is 35.1 Å². The molecule has 5 nitrogen and oxygen atoms in total. The fourth-order valence-corrected chi connectivity index (χ4v) is 3.07. The van der Waals surface area contributed by atoms with Gasteiger partial charge in [0.2, 0.25) is 0 Å². The molecule has 1 aromatic heterocycles. The summed E-state index contributed by atoms with van der Waals surface area (Å²) in [5.74, 6) is -0.273. The van der Waals surface area contributed by atoms with Crippen molar-refractivity contribution in [2.45, 2.75) is 31.4 Å². The molecule has 1 saturated carbocycles. The van der Waals surface area contributed by atoms with Crippen LogP contribution >= 0.6 is 0 Å². The molecule has 0 aliphatic heterocycles. The second-order valence-electron chi connectivity index (χ2n) is 6.86. The van der Waals surface area contributed by atoms with E-state index < -0.39 is 11.2 Å². The van der Waals surface area contributed by atoms with Crippen LogP contribution < -0.4 is 10.9 Å². The quantitative estimate of drug-likeness (QED) is 0.710. The number of nitrogens with one attached hydrogen (secondary N) is 1. The lowest BCUT2D eigenvalue weighted by molar-refractivity contribution is 0.0794. The number of carbonyl (C=O) groups is 1. The maximum Gasteiger partial charge on any atom is 0.344 e. The van der Waals surface area contributed by atoms with Crippen molar-refractivity contribution >= 4 is 16.9 Å². The van der Waals surface area contributed by atoms with E-state index in [1.165, 1.54) is 0 Å². The van der Waals surface area contributed by atoms with Crippen molar-refractivity contribution in [1.29, 1.82) is 0 Å². The molecule has 1 aliphatic rings. The molecular weight excluding hydrogens is 330 g/mol. The fraction of sp³-hybridized carbons (Fsp3) is 0.238. The van der Waals surface area contributed by atoms with Crippen LogP contribution in [-0.2, 0) is 0 Å². The van der Waals surface area contributed by atoms with Crippen LogP contribution in [0.15, 0.2) is 63.8 Å². The van der Waals surface area contributed by atoms with Crippen molar-refractivity contribution in [1.82, 2.24) is 5.32 Å². The van der Waals surface area contributed by atoms with Gasteiger partial charge in [0.05, 0.1) is 17.2 Å². The number of benzene rings is 2. The van der Waals surface area contributed by atoms with Crippen LogP contribution in [0.3, 0.4) is 0 Å². The minimum atomic E-state index is -0.785. The first-order chi connectivity index (χ1) is 12.5. The van der Waals surface area contributed by atoms with Gasteiger partial charge in [0.25, 0.3) is 5.91 Å². The topological polar surface area (TPSA) is 79.5 Å². The SMILES string of the molecule is CC(NC(=O)c1cccc(-c2cc3ccccc3oc2=O)c1)C1(O)CC1. The molecule has 4 rings (SSSR count). The van der Waals surface area contributed by atoms with Crippen molar-refractivity contribution in [3.63, 3.8) is 0 Å². The van der Waals surface area contributed by atoms with Crippen LogP contribution in [0.4, 0.5) is 0 Å². The average Bonchev–Trinajstić information content (AvgIpc) is 3.40. The van der Waals surface area contributed by atoms with E-state index in [2.05, 4.69) is 5.32 Å². The number of hydrogen-bond donors (Lipinski definition) is 2. The summed E-state index contributed by atoms with van der Waals surface area (Å²) in [5.41, 5.74) is 0.768. The molecule has 3 aromatic rings. The number of rotatable bonds is 4. The van der Waals surface area contributed by atoms with E-state index in [-0.39, 0.29) is 11.9 Å². The van der Waals surface area contributed by atoms with Crippen LogP contribution in [0.1, 0.15) is 30.1 Å². The molecule has 2 N–H and O–H groups in total. The maximum atomic E-state index is 12.5. The highest BCUT2D eigenvalue weighted by Gasteiger charge is 2.46. The molecule has 0 radical (unpaired) electrons. The number of aliphatic hydroxyl groups is 1. The third-order valence-corrected chi connectivity index (χ3v) is 4.99. The van der Waals surface area contributed by atoms with Crippen molar-refractivity contribution in [3.8, 4) is 11.1 Å². The van der Waals surface area contributed by atoms with Gasteiger partial charge in [-0.15, -0.1) is 0 Å². The van der Waals surface area contributed by atoms with Gasteiger partial charge in [-0.2, -0.15) is 0 Å². The lowest BCUT2D eigenvalue weighted by atomic mass is 10.0. The zero-order valence-electron chi connectivity index (χ0n) is 14.4. The molecule has 1 atom stereocenters. The molecule has 1 unspecified atom stereocenters. The number of hydrogen-bond acceptors (Lipinski definition) is 4. The van der Waals surface area contributed by atoms with Crippen LogP contribution in [0, 0.1) is 0 Å². The first kappa shape index (κ1) is 16.5. The van der Waals surface area contributed by atoms with Crippen molar-refractivity contribution in [2.24, 2.45) is 0 Å². The Bertz CT molecular complexity index is 1050. The molecule has 132 valence electrons. The molecule has 0 bridgehead atoms. The second kappa shape index (κ2) is 6.11. The van der Waals surface area contributed by atoms with Gasteiger partial charge < -0.3 is 14.8 Å². The van der Waals surface area contributed by atoms with Gasteiger partial charge in [-0.05, 0) is 49.6 Å². The second-order valence-corrected chi connectivity index (χ2v) is 6.86. The van der Waals surface area contributed by atoms with Crippen LogP contribution in [0.2, 0.25) is 0 Å². The number of para-hydroxylation sites is 1. The molecule has 0 spiro atoms. The Labute approximate surface area is 150 Å². The standard InChI is InChI=1S/C21H19NO4/c1-13(21(25)9-10-21)22-19(23)16-7-4-6-14(11-16)17-12-15-5-2-3-8-18(15)26-20(17)24/h2-8,11-13,25H,9-10H2,1H3,(H,22,23). The minimum Gasteiger partial charge on any atom is -0.422 e. The largest absolute Gasteiger partial charge is 0.422 e. The average molecular weight is 349 g/mol. The highest BCUT2D eigenvalue weighted by atomic mass is 16.4. The zero-order valence-corrected chi connectivity index (χ0v) is 14.4. The lowest BCUT2D eigenvalue weighted by Gasteiger charge is -2.19. The third-order valence-electron chi connectivity index (χ3n) is 4.99. The fourth-order valence-electron chi connectivity index (χ4n) is 3.07. The van der Waals surface area contributed by atoms with E-state index in [1.54, 1.807) is 43.3 Å². The molecular formula is C21H19NO4. The first-order valence-electron chi connectivity index (χ1n) is 8.63. The highest BCUT2D eigenvalue weighted by molar-refractivity contribution is 5.96. The predicted octanol–water partition coefficient (Wildman–Crippen LogP) is 3.10. The summed E-state index contributed by atoms with van der Waals surface area (Å²) >= 11 is 0. The number of fused-ring (bicyclic) bond motifs is 1. The van der Waals surface area contributed by atoms with Crippen molar-refractivity contribution in [2.75, 3.05) is 0 Å². The predicted molar refractivity (Wildman–Crippen MR) is 99.0 cm³/mol. The summed E-state index contributed by atoms with van der Waals surface area (Å²) in [6, 6.07) is 15.6. The molecule has 1 fully saturated rings. The Kier molecular flexibility index (Phi) is 3.89. The Morgan fingerprint density at radius 3 is 2.69 bits per heavy atom. The monoisotopic (exact) mass is 349 g/mol. The summed E-state index contributed by atoms with van der Waals surface area (Å²) in [5, 5.41) is 13.7. The van der Waals surface area contributed by atoms with Gasteiger partial charge in [-0.1, -0.05) is 30.3 Å². The Hall–Kier alpha value is -2.92. The Morgan fingerprint density at radius 2 is 1.92 bits per heavy atom. The summed E-state index contributed by atoms with van der Waals surface area (Å²) in [4.78, 5) is 24.8. The molecule has 5 heteroatoms. The number of amides is 1. The van der Waals surface area contributed by atoms with Gasteiger partial charge in [-0.25, -0.2) is 4.79 Å². The van der Waals surface area contributed by atoms with Crippen LogP contribution in [0.25, 0.3) is 22.1 Å². The Balaban J connectivity index is 1.66. The van der Waals surface area contributed by atoms with Gasteiger partial charge in [0.15, 0.2) is 0 Å². The highest BCUT2D eigenvalue weighted by Crippen LogP contribution is 2.38. The smallest absolute Gasteiger partial charge is 0.344 e.